The summed E-state index contributed by atoms with van der Waals surface area (Å²) in [6, 6.07) is 2.53. The second-order valence-corrected chi connectivity index (χ2v) is 4.22. The van der Waals surface area contributed by atoms with Crippen molar-refractivity contribution in [1.29, 1.82) is 0 Å². The fraction of sp³-hybridized carbons (Fsp3) is 0.100. The van der Waals surface area contributed by atoms with Crippen LogP contribution in [-0.4, -0.2) is 34.3 Å². The lowest BCUT2D eigenvalue weighted by molar-refractivity contribution is -0.137. The monoisotopic (exact) mass is 273 g/mol. The van der Waals surface area contributed by atoms with Gasteiger partial charge >= 0.3 is 5.97 Å². The lowest BCUT2D eigenvalue weighted by atomic mass is 10.1. The molecule has 5 nitrogen and oxygen atoms in total. The smallest absolute Gasteiger partial charge is 0.323 e. The van der Waals surface area contributed by atoms with E-state index in [0.29, 0.717) is 4.90 Å². The van der Waals surface area contributed by atoms with Crippen molar-refractivity contribution in [2.45, 2.75) is 0 Å². The Morgan fingerprint density at radius 3 is 1.88 bits per heavy atom. The lowest BCUT2D eigenvalue weighted by Gasteiger charge is -2.09. The zero-order valence-electron chi connectivity index (χ0n) is 8.24. The minimum atomic E-state index is -1.27. The van der Waals surface area contributed by atoms with E-state index < -0.39 is 24.3 Å². The van der Waals surface area contributed by atoms with Gasteiger partial charge in [0.2, 0.25) is 0 Å². The number of aliphatic carboxylic acids is 1. The second kappa shape index (κ2) is 4.01. The molecule has 1 aliphatic rings. The van der Waals surface area contributed by atoms with Gasteiger partial charge in [0.15, 0.2) is 0 Å². The van der Waals surface area contributed by atoms with Gasteiger partial charge in [0.05, 0.1) is 21.2 Å². The Kier molecular flexibility index (Phi) is 2.81. The average molecular weight is 274 g/mol. The molecule has 0 unspecified atom stereocenters. The Bertz CT molecular complexity index is 514. The molecular formula is C10H5Cl2NO4. The van der Waals surface area contributed by atoms with Crippen LogP contribution in [0.5, 0.6) is 0 Å². The minimum Gasteiger partial charge on any atom is -0.480 e. The summed E-state index contributed by atoms with van der Waals surface area (Å²) in [6.07, 6.45) is 0. The predicted molar refractivity (Wildman–Crippen MR) is 59.5 cm³/mol. The van der Waals surface area contributed by atoms with Crippen molar-refractivity contribution in [2.75, 3.05) is 6.54 Å². The minimum absolute atomic E-state index is 0.0747. The highest BCUT2D eigenvalue weighted by molar-refractivity contribution is 6.43. The number of nitrogens with zero attached hydrogens (tertiary/aromatic N) is 1. The molecule has 2 amide bonds. The predicted octanol–water partition coefficient (Wildman–Crippen LogP) is 1.67. The number of benzene rings is 1. The molecule has 0 atom stereocenters. The van der Waals surface area contributed by atoms with Gasteiger partial charge in [0.25, 0.3) is 11.8 Å². The maximum Gasteiger partial charge on any atom is 0.323 e. The molecule has 0 radical (unpaired) electrons. The van der Waals surface area contributed by atoms with E-state index in [1.165, 1.54) is 12.1 Å². The number of halogens is 2. The Morgan fingerprint density at radius 1 is 1.12 bits per heavy atom. The summed E-state index contributed by atoms with van der Waals surface area (Å²) in [6.45, 7) is -0.679. The molecule has 0 aromatic heterocycles. The largest absolute Gasteiger partial charge is 0.480 e. The highest BCUT2D eigenvalue weighted by Gasteiger charge is 2.37. The van der Waals surface area contributed by atoms with Crippen molar-refractivity contribution < 1.29 is 19.5 Å². The number of rotatable bonds is 2. The maximum atomic E-state index is 11.7. The van der Waals surface area contributed by atoms with Crippen LogP contribution in [0, 0.1) is 0 Å². The van der Waals surface area contributed by atoms with Gasteiger partial charge in [-0.3, -0.25) is 19.3 Å². The third-order valence-corrected chi connectivity index (χ3v) is 3.03. The number of amides is 2. The summed E-state index contributed by atoms with van der Waals surface area (Å²) >= 11 is 11.5. The highest BCUT2D eigenvalue weighted by Crippen LogP contribution is 2.31. The first-order valence-corrected chi connectivity index (χ1v) is 5.24. The standard InChI is InChI=1S/C10H5Cl2NO4/c11-6-1-4-5(2-7(6)12)10(17)13(9(4)16)3-8(14)15/h1-2H,3H2,(H,14,15). The van der Waals surface area contributed by atoms with Crippen LogP contribution in [0.15, 0.2) is 12.1 Å². The van der Waals surface area contributed by atoms with Crippen molar-refractivity contribution in [3.05, 3.63) is 33.3 Å². The first kappa shape index (κ1) is 11.9. The number of carboxylic acid groups (broad SMARTS) is 1. The molecule has 0 aliphatic carbocycles. The molecule has 17 heavy (non-hydrogen) atoms. The molecule has 0 spiro atoms. The number of carbonyl (C=O) groups excluding carboxylic acids is 2. The molecule has 1 aromatic rings. The fourth-order valence-electron chi connectivity index (χ4n) is 1.56. The zero-order valence-corrected chi connectivity index (χ0v) is 9.75. The fourth-order valence-corrected chi connectivity index (χ4v) is 1.89. The number of hydrogen-bond donors (Lipinski definition) is 1. The molecule has 1 heterocycles. The first-order chi connectivity index (χ1) is 7.91. The Balaban J connectivity index is 2.49. The van der Waals surface area contributed by atoms with E-state index in [-0.39, 0.29) is 21.2 Å². The molecular weight excluding hydrogens is 269 g/mol. The van der Waals surface area contributed by atoms with Gasteiger partial charge in [-0.15, -0.1) is 0 Å². The van der Waals surface area contributed by atoms with Gasteiger partial charge in [-0.2, -0.15) is 0 Å². The van der Waals surface area contributed by atoms with E-state index in [2.05, 4.69) is 0 Å². The summed E-state index contributed by atoms with van der Waals surface area (Å²) in [7, 11) is 0. The molecule has 0 fully saturated rings. The van der Waals surface area contributed by atoms with Crippen LogP contribution in [0.2, 0.25) is 10.0 Å². The van der Waals surface area contributed by atoms with Crippen molar-refractivity contribution >= 4 is 41.0 Å². The van der Waals surface area contributed by atoms with E-state index in [4.69, 9.17) is 28.3 Å². The lowest BCUT2D eigenvalue weighted by Crippen LogP contribution is -2.34. The number of fused-ring (bicyclic) bond motifs is 1. The normalized spacial score (nSPS) is 14.1. The Morgan fingerprint density at radius 2 is 1.53 bits per heavy atom. The van der Waals surface area contributed by atoms with Crippen molar-refractivity contribution in [2.24, 2.45) is 0 Å². The topological polar surface area (TPSA) is 74.7 Å². The summed E-state index contributed by atoms with van der Waals surface area (Å²) < 4.78 is 0. The van der Waals surface area contributed by atoms with Gasteiger partial charge < -0.3 is 5.11 Å². The van der Waals surface area contributed by atoms with Gasteiger partial charge in [-0.25, -0.2) is 0 Å². The molecule has 1 aliphatic heterocycles. The van der Waals surface area contributed by atoms with E-state index >= 15 is 0 Å². The second-order valence-electron chi connectivity index (χ2n) is 3.40. The molecule has 1 N–H and O–H groups in total. The molecule has 7 heteroatoms. The van der Waals surface area contributed by atoms with E-state index in [9.17, 15) is 14.4 Å². The van der Waals surface area contributed by atoms with Crippen molar-refractivity contribution in [1.82, 2.24) is 4.90 Å². The molecule has 0 saturated carbocycles. The molecule has 2 rings (SSSR count). The highest BCUT2D eigenvalue weighted by atomic mass is 35.5. The third-order valence-electron chi connectivity index (χ3n) is 2.30. The maximum absolute atomic E-state index is 11.7. The van der Waals surface area contributed by atoms with Crippen LogP contribution in [-0.2, 0) is 4.79 Å². The van der Waals surface area contributed by atoms with Crippen LogP contribution in [0.3, 0.4) is 0 Å². The van der Waals surface area contributed by atoms with Crippen LogP contribution in [0.25, 0.3) is 0 Å². The molecule has 1 aromatic carbocycles. The summed E-state index contributed by atoms with van der Waals surface area (Å²) in [5, 5.41) is 8.88. The quantitative estimate of drug-likeness (QED) is 0.832. The van der Waals surface area contributed by atoms with Crippen molar-refractivity contribution in [3.63, 3.8) is 0 Å². The van der Waals surface area contributed by atoms with Crippen molar-refractivity contribution in [3.8, 4) is 0 Å². The first-order valence-electron chi connectivity index (χ1n) is 4.49. The van der Waals surface area contributed by atoms with Crippen LogP contribution < -0.4 is 0 Å². The average Bonchev–Trinajstić information content (AvgIpc) is 2.45. The third kappa shape index (κ3) is 1.87. The van der Waals surface area contributed by atoms with Gasteiger partial charge in [0, 0.05) is 0 Å². The molecule has 0 bridgehead atoms. The Labute approximate surface area is 106 Å². The molecule has 0 saturated heterocycles. The summed E-state index contributed by atoms with van der Waals surface area (Å²) in [4.78, 5) is 34.7. The Hall–Kier alpha value is -1.59. The van der Waals surface area contributed by atoms with E-state index in [1.807, 2.05) is 0 Å². The van der Waals surface area contributed by atoms with Gasteiger partial charge in [-0.1, -0.05) is 23.2 Å². The van der Waals surface area contributed by atoms with Gasteiger partial charge in [0.1, 0.15) is 6.54 Å². The van der Waals surface area contributed by atoms with Crippen LogP contribution in [0.4, 0.5) is 0 Å². The number of imide groups is 1. The van der Waals surface area contributed by atoms with E-state index in [0.717, 1.165) is 0 Å². The number of carboxylic acids is 1. The van der Waals surface area contributed by atoms with E-state index in [1.54, 1.807) is 0 Å². The molecule has 88 valence electrons. The zero-order chi connectivity index (χ0) is 12.7. The SMILES string of the molecule is O=C(O)CN1C(=O)c2cc(Cl)c(Cl)cc2C1=O. The summed E-state index contributed by atoms with van der Waals surface area (Å²) in [5.74, 6) is -2.62. The number of hydrogen-bond acceptors (Lipinski definition) is 3. The van der Waals surface area contributed by atoms with Gasteiger partial charge in [-0.05, 0) is 12.1 Å². The van der Waals surface area contributed by atoms with Crippen LogP contribution >= 0.6 is 23.2 Å². The number of carbonyl (C=O) groups is 3. The van der Waals surface area contributed by atoms with Crippen LogP contribution in [0.1, 0.15) is 20.7 Å². The summed E-state index contributed by atoms with van der Waals surface area (Å²) in [5.41, 5.74) is 0.149.